The van der Waals surface area contributed by atoms with E-state index < -0.39 is 0 Å². The first-order chi connectivity index (χ1) is 28.5. The van der Waals surface area contributed by atoms with E-state index in [1.165, 1.54) is 22.3 Å². The second kappa shape index (κ2) is 14.6. The molecular formula is C53H39N5. The second-order valence-electron chi connectivity index (χ2n) is 15.3. The molecule has 0 radical (unpaired) electrons. The molecule has 0 N–H and O–H groups in total. The van der Waals surface area contributed by atoms with E-state index >= 15 is 0 Å². The highest BCUT2D eigenvalue weighted by molar-refractivity contribution is 5.78. The Bertz CT molecular complexity index is 2820. The van der Waals surface area contributed by atoms with Crippen LogP contribution in [0.3, 0.4) is 0 Å². The summed E-state index contributed by atoms with van der Waals surface area (Å²) in [6, 6.07) is 67.3. The topological polar surface area (TPSA) is 64.5 Å². The maximum atomic E-state index is 5.34. The Labute approximate surface area is 338 Å². The number of rotatable bonds is 7. The lowest BCUT2D eigenvalue weighted by Gasteiger charge is -2.39. The third-order valence-corrected chi connectivity index (χ3v) is 11.3. The van der Waals surface area contributed by atoms with Gasteiger partial charge < -0.3 is 0 Å². The van der Waals surface area contributed by atoms with Gasteiger partial charge in [0.15, 0.2) is 17.5 Å². The first kappa shape index (κ1) is 35.1. The summed E-state index contributed by atoms with van der Waals surface area (Å²) in [4.78, 5) is 25.8. The zero-order valence-corrected chi connectivity index (χ0v) is 32.3. The normalized spacial score (nSPS) is 13.1. The Morgan fingerprint density at radius 2 is 0.724 bits per heavy atom. The summed E-state index contributed by atoms with van der Waals surface area (Å²) in [6.45, 7) is 4.62. The van der Waals surface area contributed by atoms with Crippen LogP contribution in [0.25, 0.3) is 67.8 Å². The molecule has 0 atom stereocenters. The lowest BCUT2D eigenvalue weighted by molar-refractivity contribution is 0.591. The smallest absolute Gasteiger partial charge is 0.163 e. The van der Waals surface area contributed by atoms with Crippen LogP contribution in [0.15, 0.2) is 194 Å². The summed E-state index contributed by atoms with van der Waals surface area (Å²) in [5, 5.41) is 0. The summed E-state index contributed by atoms with van der Waals surface area (Å²) in [5.41, 5.74) is 13.6. The molecule has 9 aromatic rings. The van der Waals surface area contributed by atoms with E-state index in [4.69, 9.17) is 24.9 Å². The number of nitrogens with zero attached hydrogens (tertiary/aromatic N) is 5. The van der Waals surface area contributed by atoms with E-state index in [-0.39, 0.29) is 11.3 Å². The minimum Gasteiger partial charge on any atom is -0.228 e. The molecule has 2 aromatic heterocycles. The summed E-state index contributed by atoms with van der Waals surface area (Å²) < 4.78 is 0. The van der Waals surface area contributed by atoms with E-state index in [1.807, 2.05) is 54.6 Å². The average Bonchev–Trinajstić information content (AvgIpc) is 3.30. The van der Waals surface area contributed by atoms with Gasteiger partial charge in [0, 0.05) is 33.2 Å². The van der Waals surface area contributed by atoms with Gasteiger partial charge in [-0.2, -0.15) is 0 Å². The SMILES string of the molecule is CC1(C)c2ccccc2C(c2nc(-c3ccccc3)nc(-c3cccc(-c4cccc(-c5cc(-c6ccccc6)nc(-c6ccccc6)n5)c4)c3)n2)c2ccccc21. The van der Waals surface area contributed by atoms with Crippen LogP contribution in [0.2, 0.25) is 0 Å². The van der Waals surface area contributed by atoms with Gasteiger partial charge in [-0.1, -0.05) is 190 Å². The molecule has 5 heteroatoms. The van der Waals surface area contributed by atoms with Gasteiger partial charge in [0.1, 0.15) is 5.82 Å². The van der Waals surface area contributed by atoms with Crippen LogP contribution in [-0.4, -0.2) is 24.9 Å². The Balaban J connectivity index is 1.09. The third-order valence-electron chi connectivity index (χ3n) is 11.3. The largest absolute Gasteiger partial charge is 0.228 e. The van der Waals surface area contributed by atoms with Crippen molar-refractivity contribution in [1.29, 1.82) is 0 Å². The second-order valence-corrected chi connectivity index (χ2v) is 15.3. The van der Waals surface area contributed by atoms with Crippen molar-refractivity contribution in [3.63, 3.8) is 0 Å². The maximum Gasteiger partial charge on any atom is 0.163 e. The Morgan fingerprint density at radius 3 is 1.29 bits per heavy atom. The van der Waals surface area contributed by atoms with Crippen LogP contribution < -0.4 is 0 Å². The summed E-state index contributed by atoms with van der Waals surface area (Å²) >= 11 is 0. The molecule has 1 aliphatic rings. The highest BCUT2D eigenvalue weighted by Gasteiger charge is 2.39. The first-order valence-corrected chi connectivity index (χ1v) is 19.7. The number of benzene rings is 7. The lowest BCUT2D eigenvalue weighted by Crippen LogP contribution is -2.30. The number of hydrogen-bond acceptors (Lipinski definition) is 5. The molecule has 276 valence electrons. The minimum absolute atomic E-state index is 0.154. The van der Waals surface area contributed by atoms with E-state index in [2.05, 4.69) is 153 Å². The predicted octanol–water partition coefficient (Wildman–Crippen LogP) is 12.5. The van der Waals surface area contributed by atoms with Crippen LogP contribution in [0.1, 0.15) is 47.8 Å². The zero-order valence-electron chi connectivity index (χ0n) is 32.3. The molecule has 0 fully saturated rings. The van der Waals surface area contributed by atoms with Gasteiger partial charge in [0.25, 0.3) is 0 Å². The molecule has 10 rings (SSSR count). The van der Waals surface area contributed by atoms with Gasteiger partial charge in [-0.15, -0.1) is 0 Å². The van der Waals surface area contributed by atoms with Crippen molar-refractivity contribution in [2.75, 3.05) is 0 Å². The molecule has 0 saturated heterocycles. The molecule has 0 unspecified atom stereocenters. The Morgan fingerprint density at radius 1 is 0.328 bits per heavy atom. The predicted molar refractivity (Wildman–Crippen MR) is 234 cm³/mol. The summed E-state index contributed by atoms with van der Waals surface area (Å²) in [6.07, 6.45) is 0. The number of hydrogen-bond donors (Lipinski definition) is 0. The van der Waals surface area contributed by atoms with E-state index in [0.717, 1.165) is 56.2 Å². The van der Waals surface area contributed by atoms with Crippen molar-refractivity contribution in [1.82, 2.24) is 24.9 Å². The summed E-state index contributed by atoms with van der Waals surface area (Å²) in [5.74, 6) is 2.56. The van der Waals surface area contributed by atoms with Crippen LogP contribution in [-0.2, 0) is 5.41 Å². The first-order valence-electron chi connectivity index (χ1n) is 19.7. The fourth-order valence-electron chi connectivity index (χ4n) is 8.36. The Hall–Kier alpha value is -7.37. The van der Waals surface area contributed by atoms with Crippen molar-refractivity contribution in [2.24, 2.45) is 0 Å². The standard InChI is InChI=1S/C53H39N5/c1-53(2)44-30-14-12-28-42(44)48(43-29-13-15-31-45(43)53)52-57-50(37-22-10-5-11-23-37)56-51(58-52)41-27-17-25-39(33-41)38-24-16-26-40(32-38)47-34-46(35-18-6-3-7-19-35)54-49(55-47)36-20-8-4-9-21-36/h3-34,48H,1-2H3. The number of fused-ring (bicyclic) bond motifs is 2. The minimum atomic E-state index is -0.164. The average molecular weight is 746 g/mol. The molecule has 58 heavy (non-hydrogen) atoms. The zero-order chi connectivity index (χ0) is 39.1. The summed E-state index contributed by atoms with van der Waals surface area (Å²) in [7, 11) is 0. The van der Waals surface area contributed by atoms with Crippen LogP contribution in [0.5, 0.6) is 0 Å². The molecule has 0 spiro atoms. The van der Waals surface area contributed by atoms with E-state index in [0.29, 0.717) is 17.5 Å². The molecule has 5 nitrogen and oxygen atoms in total. The van der Waals surface area contributed by atoms with E-state index in [1.54, 1.807) is 0 Å². The number of aromatic nitrogens is 5. The van der Waals surface area contributed by atoms with Crippen molar-refractivity contribution < 1.29 is 0 Å². The van der Waals surface area contributed by atoms with Crippen LogP contribution in [0.4, 0.5) is 0 Å². The molecule has 0 aliphatic heterocycles. The molecule has 7 aromatic carbocycles. The van der Waals surface area contributed by atoms with Crippen molar-refractivity contribution in [2.45, 2.75) is 25.2 Å². The van der Waals surface area contributed by atoms with Gasteiger partial charge in [-0.05, 0) is 51.6 Å². The third kappa shape index (κ3) is 6.47. The fourth-order valence-corrected chi connectivity index (χ4v) is 8.36. The molecule has 0 amide bonds. The monoisotopic (exact) mass is 745 g/mol. The lowest BCUT2D eigenvalue weighted by atomic mass is 9.65. The van der Waals surface area contributed by atoms with Gasteiger partial charge in [-0.25, -0.2) is 24.9 Å². The maximum absolute atomic E-state index is 5.34. The van der Waals surface area contributed by atoms with Crippen molar-refractivity contribution >= 4 is 0 Å². The van der Waals surface area contributed by atoms with Gasteiger partial charge in [0.2, 0.25) is 0 Å². The Kier molecular flexibility index (Phi) is 8.83. The van der Waals surface area contributed by atoms with Gasteiger partial charge >= 0.3 is 0 Å². The van der Waals surface area contributed by atoms with Crippen LogP contribution in [0, 0.1) is 0 Å². The fraction of sp³-hybridized carbons (Fsp3) is 0.0755. The van der Waals surface area contributed by atoms with Gasteiger partial charge in [0.05, 0.1) is 17.3 Å². The van der Waals surface area contributed by atoms with Crippen molar-refractivity contribution in [3.8, 4) is 67.8 Å². The molecule has 2 heterocycles. The molecule has 1 aliphatic carbocycles. The highest BCUT2D eigenvalue weighted by atomic mass is 15.0. The molecule has 0 saturated carbocycles. The van der Waals surface area contributed by atoms with Crippen molar-refractivity contribution in [3.05, 3.63) is 222 Å². The highest BCUT2D eigenvalue weighted by Crippen LogP contribution is 2.48. The van der Waals surface area contributed by atoms with Crippen LogP contribution >= 0.6 is 0 Å². The molecule has 0 bridgehead atoms. The van der Waals surface area contributed by atoms with Gasteiger partial charge in [-0.3, -0.25) is 0 Å². The quantitative estimate of drug-likeness (QED) is 0.163. The molecular weight excluding hydrogens is 707 g/mol. The van der Waals surface area contributed by atoms with E-state index in [9.17, 15) is 0 Å².